The molecule has 0 radical (unpaired) electrons. The smallest absolute Gasteiger partial charge is 0.417 e. The van der Waals surface area contributed by atoms with E-state index in [9.17, 15) is 9.59 Å². The average molecular weight is 463 g/mol. The first kappa shape index (κ1) is 24.1. The second-order valence-electron chi connectivity index (χ2n) is 10.7. The number of imide groups is 1. The average Bonchev–Trinajstić information content (AvgIpc) is 3.19. The third-order valence-corrected chi connectivity index (χ3v) is 10.6. The Bertz CT molecular complexity index is 1020. The second-order valence-corrected chi connectivity index (χ2v) is 15.6. The number of amides is 2. The highest BCUT2D eigenvalue weighted by Gasteiger charge is 2.48. The molecule has 2 amide bonds. The van der Waals surface area contributed by atoms with Gasteiger partial charge >= 0.3 is 6.09 Å². The molecule has 1 fully saturated rings. The number of nitrogen functional groups attached to an aromatic ring is 1. The number of hydrogen-bond donors (Lipinski definition) is 1. The highest BCUT2D eigenvalue weighted by atomic mass is 28.4. The molecule has 0 aromatic carbocycles. The van der Waals surface area contributed by atoms with Crippen molar-refractivity contribution >= 4 is 37.3 Å². The first-order chi connectivity index (χ1) is 14.6. The van der Waals surface area contributed by atoms with E-state index in [4.69, 9.17) is 14.9 Å². The summed E-state index contributed by atoms with van der Waals surface area (Å²) in [4.78, 5) is 40.1. The van der Waals surface area contributed by atoms with Crippen LogP contribution in [0.3, 0.4) is 0 Å². The lowest BCUT2D eigenvalue weighted by atomic mass is 10.2. The molecule has 10 nitrogen and oxygen atoms in total. The van der Waals surface area contributed by atoms with Crippen molar-refractivity contribution in [3.8, 4) is 0 Å². The quantitative estimate of drug-likeness (QED) is 0.684. The number of fused-ring (bicyclic) bond motifs is 1. The Labute approximate surface area is 189 Å². The van der Waals surface area contributed by atoms with Crippen LogP contribution in [0.2, 0.25) is 18.1 Å². The summed E-state index contributed by atoms with van der Waals surface area (Å²) in [6.07, 6.45) is 2.54. The number of carbonyl (C=O) groups is 2. The van der Waals surface area contributed by atoms with E-state index in [1.807, 2.05) is 0 Å². The number of ether oxygens (including phenoxy) is 1. The highest BCUT2D eigenvalue weighted by Crippen LogP contribution is 2.38. The Kier molecular flexibility index (Phi) is 6.11. The van der Waals surface area contributed by atoms with E-state index in [0.717, 1.165) is 0 Å². The molecule has 176 valence electrons. The van der Waals surface area contributed by atoms with Gasteiger partial charge in [0.2, 0.25) is 0 Å². The number of carbonyl (C=O) groups excluding carboxylic acids is 2. The third kappa shape index (κ3) is 4.63. The van der Waals surface area contributed by atoms with Crippen LogP contribution in [0.4, 0.5) is 10.6 Å². The third-order valence-electron chi connectivity index (χ3n) is 6.14. The number of aromatic nitrogens is 4. The highest BCUT2D eigenvalue weighted by molar-refractivity contribution is 6.74. The van der Waals surface area contributed by atoms with E-state index in [-0.39, 0.29) is 23.4 Å². The van der Waals surface area contributed by atoms with Gasteiger partial charge in [0.25, 0.3) is 5.91 Å². The lowest BCUT2D eigenvalue weighted by molar-refractivity contribution is -0.130. The predicted octanol–water partition coefficient (Wildman–Crippen LogP) is 3.51. The Morgan fingerprint density at radius 1 is 1.19 bits per heavy atom. The molecule has 1 aliphatic heterocycles. The molecule has 1 unspecified atom stereocenters. The van der Waals surface area contributed by atoms with Gasteiger partial charge in [-0.25, -0.2) is 24.6 Å². The van der Waals surface area contributed by atoms with Gasteiger partial charge in [0.1, 0.15) is 23.5 Å². The maximum atomic E-state index is 13.4. The van der Waals surface area contributed by atoms with Gasteiger partial charge in [-0.05, 0) is 38.9 Å². The van der Waals surface area contributed by atoms with Crippen LogP contribution in [-0.2, 0) is 14.0 Å². The van der Waals surface area contributed by atoms with Gasteiger partial charge in [-0.2, -0.15) is 0 Å². The summed E-state index contributed by atoms with van der Waals surface area (Å²) in [5, 5.41) is 0.000754. The minimum atomic E-state index is -2.09. The molecule has 1 saturated heterocycles. The number of imidazole rings is 1. The molecule has 11 heteroatoms. The van der Waals surface area contributed by atoms with Crippen molar-refractivity contribution in [2.45, 2.75) is 83.8 Å². The maximum absolute atomic E-state index is 13.4. The van der Waals surface area contributed by atoms with Gasteiger partial charge in [0.05, 0.1) is 19.0 Å². The summed E-state index contributed by atoms with van der Waals surface area (Å²) in [7, 11) is -2.09. The zero-order valence-corrected chi connectivity index (χ0v) is 21.2. The van der Waals surface area contributed by atoms with Crippen LogP contribution in [-0.4, -0.2) is 63.0 Å². The molecule has 0 spiro atoms. The van der Waals surface area contributed by atoms with Gasteiger partial charge in [-0.1, -0.05) is 20.8 Å². The van der Waals surface area contributed by atoms with E-state index in [0.29, 0.717) is 17.6 Å². The maximum Gasteiger partial charge on any atom is 0.417 e. The minimum Gasteiger partial charge on any atom is -0.443 e. The fourth-order valence-electron chi connectivity index (χ4n) is 3.35. The largest absolute Gasteiger partial charge is 0.443 e. The standard InChI is InChI=1S/C21H34N6O4Si/c1-20(2,3)31-19(29)27-13(10-30-32(7,8)21(4,5)6)9-14(18(27)28)26-12-25-15-16(22)23-11-24-17(15)26/h11-14H,9-10H2,1-8H3,(H2,22,23,24)/t13-,14?/m0/s1. The zero-order valence-electron chi connectivity index (χ0n) is 20.2. The Morgan fingerprint density at radius 2 is 1.84 bits per heavy atom. The van der Waals surface area contributed by atoms with Gasteiger partial charge < -0.3 is 19.5 Å². The predicted molar refractivity (Wildman–Crippen MR) is 123 cm³/mol. The number of nitrogens with two attached hydrogens (primary N) is 1. The van der Waals surface area contributed by atoms with Crippen LogP contribution in [0.25, 0.3) is 11.2 Å². The number of anilines is 1. The summed E-state index contributed by atoms with van der Waals surface area (Å²) >= 11 is 0. The fourth-order valence-corrected chi connectivity index (χ4v) is 4.39. The Hall–Kier alpha value is -2.53. The molecule has 32 heavy (non-hydrogen) atoms. The van der Waals surface area contributed by atoms with Crippen LogP contribution in [0.5, 0.6) is 0 Å². The van der Waals surface area contributed by atoms with Crippen molar-refractivity contribution in [2.24, 2.45) is 0 Å². The fraction of sp³-hybridized carbons (Fsp3) is 0.667. The molecule has 0 saturated carbocycles. The first-order valence-electron chi connectivity index (χ1n) is 10.8. The van der Waals surface area contributed by atoms with Crippen molar-refractivity contribution in [2.75, 3.05) is 12.3 Å². The molecule has 0 aliphatic carbocycles. The van der Waals surface area contributed by atoms with Gasteiger partial charge in [0, 0.05) is 6.42 Å². The van der Waals surface area contributed by atoms with Crippen molar-refractivity contribution < 1.29 is 18.8 Å². The van der Waals surface area contributed by atoms with Crippen LogP contribution in [0, 0.1) is 0 Å². The van der Waals surface area contributed by atoms with Crippen molar-refractivity contribution in [1.29, 1.82) is 0 Å². The molecule has 3 rings (SSSR count). The monoisotopic (exact) mass is 462 g/mol. The van der Waals surface area contributed by atoms with E-state index in [1.54, 1.807) is 25.3 Å². The number of rotatable bonds is 4. The van der Waals surface area contributed by atoms with Crippen LogP contribution in [0.15, 0.2) is 12.7 Å². The minimum absolute atomic E-state index is 0.000754. The molecule has 2 aromatic rings. The number of hydrogen-bond acceptors (Lipinski definition) is 8. The second kappa shape index (κ2) is 8.11. The summed E-state index contributed by atoms with van der Waals surface area (Å²) in [5.74, 6) is -0.138. The van der Waals surface area contributed by atoms with Gasteiger partial charge in [-0.3, -0.25) is 4.79 Å². The molecular weight excluding hydrogens is 428 g/mol. The summed E-state index contributed by atoms with van der Waals surface area (Å²) in [6, 6.07) is -1.14. The first-order valence-corrected chi connectivity index (χ1v) is 13.7. The van der Waals surface area contributed by atoms with E-state index < -0.39 is 32.1 Å². The molecule has 3 heterocycles. The SMILES string of the molecule is CC(C)(C)OC(=O)N1C(=O)C(n2cnc3c(N)ncnc32)C[C@H]1CO[Si](C)(C)C(C)(C)C. The molecule has 2 atom stereocenters. The van der Waals surface area contributed by atoms with Crippen LogP contribution in [0.1, 0.15) is 54.0 Å². The van der Waals surface area contributed by atoms with Crippen LogP contribution < -0.4 is 5.73 Å². The van der Waals surface area contributed by atoms with Crippen LogP contribution >= 0.6 is 0 Å². The summed E-state index contributed by atoms with van der Waals surface area (Å²) in [6.45, 7) is 16.3. The Morgan fingerprint density at radius 3 is 2.44 bits per heavy atom. The van der Waals surface area contributed by atoms with Gasteiger partial charge in [-0.15, -0.1) is 0 Å². The number of likely N-dealkylation sites (tertiary alicyclic amines) is 1. The molecule has 2 aromatic heterocycles. The van der Waals surface area contributed by atoms with E-state index >= 15 is 0 Å². The summed E-state index contributed by atoms with van der Waals surface area (Å²) in [5.41, 5.74) is 6.04. The van der Waals surface area contributed by atoms with Crippen molar-refractivity contribution in [3.05, 3.63) is 12.7 Å². The summed E-state index contributed by atoms with van der Waals surface area (Å²) < 4.78 is 13.6. The molecule has 0 bridgehead atoms. The molecule has 1 aliphatic rings. The zero-order chi connectivity index (χ0) is 24.1. The van der Waals surface area contributed by atoms with Gasteiger partial charge in [0.15, 0.2) is 19.8 Å². The lowest BCUT2D eigenvalue weighted by Crippen LogP contribution is -2.48. The molecular formula is C21H34N6O4Si. The van der Waals surface area contributed by atoms with Crippen molar-refractivity contribution in [1.82, 2.24) is 24.4 Å². The molecule has 2 N–H and O–H groups in total. The topological polar surface area (TPSA) is 125 Å². The number of nitrogens with zero attached hydrogens (tertiary/aromatic N) is 5. The van der Waals surface area contributed by atoms with Crippen molar-refractivity contribution in [3.63, 3.8) is 0 Å². The lowest BCUT2D eigenvalue weighted by Gasteiger charge is -2.37. The Balaban J connectivity index is 1.94. The van der Waals surface area contributed by atoms with E-state index in [2.05, 4.69) is 48.8 Å². The van der Waals surface area contributed by atoms with E-state index in [1.165, 1.54) is 17.6 Å². The normalized spacial score (nSPS) is 20.2.